The molecule has 0 aromatic carbocycles. The molecule has 0 amide bonds. The van der Waals surface area contributed by atoms with Gasteiger partial charge in [-0.15, -0.1) is 0 Å². The summed E-state index contributed by atoms with van der Waals surface area (Å²) >= 11 is 0. The summed E-state index contributed by atoms with van der Waals surface area (Å²) in [5.74, 6) is 0. The highest BCUT2D eigenvalue weighted by Crippen LogP contribution is 2.29. The normalized spacial score (nSPS) is 20.4. The second-order valence-corrected chi connectivity index (χ2v) is 6.36. The predicted molar refractivity (Wildman–Crippen MR) is 83.7 cm³/mol. The first kappa shape index (κ1) is 17.0. The van der Waals surface area contributed by atoms with Crippen molar-refractivity contribution < 1.29 is 4.74 Å². The largest absolute Gasteiger partial charge is 0.379 e. The molecule has 114 valence electrons. The summed E-state index contributed by atoms with van der Waals surface area (Å²) in [5.41, 5.74) is 0.423. The summed E-state index contributed by atoms with van der Waals surface area (Å²) in [7, 11) is 0. The number of ether oxygens (including phenoxy) is 1. The molecule has 1 rings (SSSR count). The summed E-state index contributed by atoms with van der Waals surface area (Å²) in [6.45, 7) is 11.2. The van der Waals surface area contributed by atoms with Gasteiger partial charge in [-0.3, -0.25) is 4.90 Å². The molecule has 0 saturated carbocycles. The smallest absolute Gasteiger partial charge is 0.0594 e. The first-order valence-corrected chi connectivity index (χ1v) is 8.55. The molecule has 1 fully saturated rings. The zero-order valence-electron chi connectivity index (χ0n) is 13.5. The summed E-state index contributed by atoms with van der Waals surface area (Å²) < 4.78 is 5.52. The Kier molecular flexibility index (Phi) is 8.72. The maximum absolute atomic E-state index is 5.52. The van der Waals surface area contributed by atoms with Crippen molar-refractivity contribution >= 4 is 0 Å². The fraction of sp³-hybridized carbons (Fsp3) is 1.00. The molecule has 1 heterocycles. The van der Waals surface area contributed by atoms with Crippen LogP contribution in [-0.4, -0.2) is 36.7 Å². The topological polar surface area (TPSA) is 12.5 Å². The van der Waals surface area contributed by atoms with E-state index in [4.69, 9.17) is 4.74 Å². The fourth-order valence-electron chi connectivity index (χ4n) is 3.23. The minimum Gasteiger partial charge on any atom is -0.379 e. The van der Waals surface area contributed by atoms with E-state index >= 15 is 0 Å². The van der Waals surface area contributed by atoms with Gasteiger partial charge in [0.05, 0.1) is 13.2 Å². The molecule has 0 bridgehead atoms. The van der Waals surface area contributed by atoms with Gasteiger partial charge in [-0.2, -0.15) is 0 Å². The van der Waals surface area contributed by atoms with E-state index in [-0.39, 0.29) is 0 Å². The Morgan fingerprint density at radius 3 is 1.95 bits per heavy atom. The van der Waals surface area contributed by atoms with Gasteiger partial charge in [0.25, 0.3) is 0 Å². The Bertz CT molecular complexity index is 213. The average Bonchev–Trinajstić information content (AvgIpc) is 2.45. The minimum atomic E-state index is 0.423. The van der Waals surface area contributed by atoms with Gasteiger partial charge in [0.15, 0.2) is 0 Å². The fourth-order valence-corrected chi connectivity index (χ4v) is 3.23. The quantitative estimate of drug-likeness (QED) is 0.536. The van der Waals surface area contributed by atoms with Crippen LogP contribution in [0.25, 0.3) is 0 Å². The van der Waals surface area contributed by atoms with E-state index < -0.39 is 0 Å². The lowest BCUT2D eigenvalue weighted by Crippen LogP contribution is -2.51. The molecule has 1 aliphatic heterocycles. The molecule has 1 unspecified atom stereocenters. The van der Waals surface area contributed by atoms with Gasteiger partial charge in [0.1, 0.15) is 0 Å². The minimum absolute atomic E-state index is 0.423. The third-order valence-electron chi connectivity index (χ3n) is 4.66. The van der Waals surface area contributed by atoms with E-state index in [0.717, 1.165) is 26.3 Å². The molecule has 1 saturated heterocycles. The summed E-state index contributed by atoms with van der Waals surface area (Å²) in [4.78, 5) is 2.71. The van der Waals surface area contributed by atoms with Crippen molar-refractivity contribution in [2.24, 2.45) is 0 Å². The van der Waals surface area contributed by atoms with E-state index in [0.29, 0.717) is 5.54 Å². The van der Waals surface area contributed by atoms with Crippen molar-refractivity contribution in [3.05, 3.63) is 0 Å². The van der Waals surface area contributed by atoms with Gasteiger partial charge >= 0.3 is 0 Å². The standard InChI is InChI=1S/C17H35NO/c1-4-6-8-10-12-17(3,11-9-7-5-2)18-13-15-19-16-14-18/h4-16H2,1-3H3. The molecule has 0 radical (unpaired) electrons. The Labute approximate surface area is 120 Å². The first-order chi connectivity index (χ1) is 9.23. The van der Waals surface area contributed by atoms with Crippen LogP contribution in [0.1, 0.15) is 78.6 Å². The Morgan fingerprint density at radius 1 is 0.842 bits per heavy atom. The molecule has 19 heavy (non-hydrogen) atoms. The summed E-state index contributed by atoms with van der Waals surface area (Å²) in [5, 5.41) is 0. The van der Waals surface area contributed by atoms with Gasteiger partial charge in [-0.05, 0) is 19.8 Å². The van der Waals surface area contributed by atoms with Gasteiger partial charge in [-0.1, -0.05) is 58.8 Å². The van der Waals surface area contributed by atoms with Crippen LogP contribution in [0.2, 0.25) is 0 Å². The first-order valence-electron chi connectivity index (χ1n) is 8.55. The summed E-state index contributed by atoms with van der Waals surface area (Å²) in [6.07, 6.45) is 12.4. The monoisotopic (exact) mass is 269 g/mol. The number of morpholine rings is 1. The molecule has 0 aliphatic carbocycles. The number of hydrogen-bond donors (Lipinski definition) is 0. The van der Waals surface area contributed by atoms with E-state index in [1.54, 1.807) is 0 Å². The Hall–Kier alpha value is -0.0800. The van der Waals surface area contributed by atoms with Crippen molar-refractivity contribution in [2.45, 2.75) is 84.1 Å². The number of unbranched alkanes of at least 4 members (excludes halogenated alkanes) is 5. The number of hydrogen-bond acceptors (Lipinski definition) is 2. The average molecular weight is 269 g/mol. The Balaban J connectivity index is 2.44. The zero-order chi connectivity index (χ0) is 14.0. The molecule has 0 aromatic rings. The number of nitrogens with zero attached hydrogens (tertiary/aromatic N) is 1. The SMILES string of the molecule is CCCCCCC(C)(CCCCC)N1CCOCC1. The van der Waals surface area contributed by atoms with Crippen LogP contribution in [0, 0.1) is 0 Å². The van der Waals surface area contributed by atoms with Crippen LogP contribution >= 0.6 is 0 Å². The number of rotatable bonds is 10. The van der Waals surface area contributed by atoms with Crippen LogP contribution in [0.5, 0.6) is 0 Å². The lowest BCUT2D eigenvalue weighted by Gasteiger charge is -2.44. The van der Waals surface area contributed by atoms with Crippen molar-refractivity contribution in [2.75, 3.05) is 26.3 Å². The van der Waals surface area contributed by atoms with Crippen molar-refractivity contribution in [3.63, 3.8) is 0 Å². The van der Waals surface area contributed by atoms with Crippen molar-refractivity contribution in [3.8, 4) is 0 Å². The molecular formula is C17H35NO. The lowest BCUT2D eigenvalue weighted by molar-refractivity contribution is -0.0243. The van der Waals surface area contributed by atoms with E-state index in [9.17, 15) is 0 Å². The van der Waals surface area contributed by atoms with Crippen LogP contribution in [0.3, 0.4) is 0 Å². The molecular weight excluding hydrogens is 234 g/mol. The van der Waals surface area contributed by atoms with Gasteiger partial charge in [0, 0.05) is 18.6 Å². The van der Waals surface area contributed by atoms with Gasteiger partial charge < -0.3 is 4.74 Å². The van der Waals surface area contributed by atoms with E-state index in [2.05, 4.69) is 25.7 Å². The molecule has 1 atom stereocenters. The second kappa shape index (κ2) is 9.77. The van der Waals surface area contributed by atoms with Gasteiger partial charge in [0.2, 0.25) is 0 Å². The maximum atomic E-state index is 5.52. The maximum Gasteiger partial charge on any atom is 0.0594 e. The molecule has 0 aromatic heterocycles. The van der Waals surface area contributed by atoms with Crippen LogP contribution in [0.4, 0.5) is 0 Å². The third kappa shape index (κ3) is 6.27. The van der Waals surface area contributed by atoms with Crippen LogP contribution in [-0.2, 0) is 4.74 Å². The van der Waals surface area contributed by atoms with E-state index in [1.807, 2.05) is 0 Å². The highest BCUT2D eigenvalue weighted by Gasteiger charge is 2.31. The summed E-state index contributed by atoms with van der Waals surface area (Å²) in [6, 6.07) is 0. The Morgan fingerprint density at radius 2 is 1.37 bits per heavy atom. The lowest BCUT2D eigenvalue weighted by atomic mass is 9.86. The van der Waals surface area contributed by atoms with Crippen LogP contribution < -0.4 is 0 Å². The molecule has 0 N–H and O–H groups in total. The van der Waals surface area contributed by atoms with Gasteiger partial charge in [-0.25, -0.2) is 0 Å². The predicted octanol–water partition coefficient (Wildman–Crippen LogP) is 4.63. The highest BCUT2D eigenvalue weighted by atomic mass is 16.5. The third-order valence-corrected chi connectivity index (χ3v) is 4.66. The van der Waals surface area contributed by atoms with Crippen molar-refractivity contribution in [1.82, 2.24) is 4.90 Å². The zero-order valence-corrected chi connectivity index (χ0v) is 13.5. The molecule has 1 aliphatic rings. The second-order valence-electron chi connectivity index (χ2n) is 6.36. The van der Waals surface area contributed by atoms with E-state index in [1.165, 1.54) is 57.8 Å². The van der Waals surface area contributed by atoms with Crippen molar-refractivity contribution in [1.29, 1.82) is 0 Å². The molecule has 2 heteroatoms. The highest BCUT2D eigenvalue weighted by molar-refractivity contribution is 4.87. The molecule has 2 nitrogen and oxygen atoms in total. The molecule has 0 spiro atoms. The van der Waals surface area contributed by atoms with Crippen LogP contribution in [0.15, 0.2) is 0 Å².